The molecule has 12 heteroatoms. The third kappa shape index (κ3) is 6.22. The molecule has 0 bridgehead atoms. The van der Waals surface area contributed by atoms with Crippen molar-refractivity contribution >= 4 is 39.9 Å². The molecule has 3 aliphatic heterocycles. The summed E-state index contributed by atoms with van der Waals surface area (Å²) in [6.07, 6.45) is -1.59. The topological polar surface area (TPSA) is 98.2 Å². The Bertz CT molecular complexity index is 1180. The fraction of sp³-hybridized carbons (Fsp3) is 0.593. The number of fused-ring (bicyclic) bond motifs is 1. The summed E-state index contributed by atoms with van der Waals surface area (Å²) in [5, 5.41) is 15.6. The number of carbonyl (C=O) groups is 2. The first-order valence-corrected chi connectivity index (χ1v) is 14.6. The highest BCUT2D eigenvalue weighted by Crippen LogP contribution is 2.34. The number of benzene rings is 1. The van der Waals surface area contributed by atoms with Gasteiger partial charge in [0.2, 0.25) is 5.91 Å². The number of hydrogen-bond acceptors (Lipinski definition) is 8. The highest BCUT2D eigenvalue weighted by atomic mass is 35.5. The van der Waals surface area contributed by atoms with Crippen LogP contribution in [0.25, 0.3) is 11.3 Å². The molecule has 2 amide bonds. The van der Waals surface area contributed by atoms with E-state index < -0.39 is 47.2 Å². The first-order valence-electron chi connectivity index (χ1n) is 13.2. The van der Waals surface area contributed by atoms with Gasteiger partial charge in [0.1, 0.15) is 17.8 Å². The minimum absolute atomic E-state index is 0.0795. The summed E-state index contributed by atoms with van der Waals surface area (Å²) in [5.41, 5.74) is 0.353. The van der Waals surface area contributed by atoms with E-state index >= 15 is 0 Å². The lowest BCUT2D eigenvalue weighted by Gasteiger charge is -2.32. The molecular weight excluding hydrogens is 545 g/mol. The molecule has 0 saturated carbocycles. The van der Waals surface area contributed by atoms with E-state index in [0.717, 1.165) is 42.6 Å². The molecule has 1 unspecified atom stereocenters. The van der Waals surface area contributed by atoms with Crippen LogP contribution in [0.3, 0.4) is 0 Å². The van der Waals surface area contributed by atoms with Gasteiger partial charge in [-0.15, -0.1) is 22.9 Å². The number of aliphatic hydroxyl groups excluding tert-OH is 1. The largest absolute Gasteiger partial charge is 0.388 e. The number of aliphatic hydroxyl groups is 1. The minimum atomic E-state index is -1.71. The van der Waals surface area contributed by atoms with Gasteiger partial charge >= 0.3 is 0 Å². The van der Waals surface area contributed by atoms with Crippen molar-refractivity contribution in [1.82, 2.24) is 20.1 Å². The molecule has 3 fully saturated rings. The van der Waals surface area contributed by atoms with Crippen molar-refractivity contribution in [3.63, 3.8) is 0 Å². The normalized spacial score (nSPS) is 26.5. The highest BCUT2D eigenvalue weighted by molar-refractivity contribution is 7.14. The number of likely N-dealkylation sites (tertiary alicyclic amines) is 1. The predicted molar refractivity (Wildman–Crippen MR) is 149 cm³/mol. The Morgan fingerprint density at radius 3 is 2.62 bits per heavy atom. The Labute approximate surface area is 236 Å². The molecule has 0 spiro atoms. The van der Waals surface area contributed by atoms with E-state index in [1.54, 1.807) is 23.5 Å². The van der Waals surface area contributed by atoms with E-state index in [-0.39, 0.29) is 19.6 Å². The van der Waals surface area contributed by atoms with E-state index in [9.17, 15) is 19.1 Å². The molecule has 2 N–H and O–H groups in total. The second-order valence-electron chi connectivity index (χ2n) is 11.2. The maximum Gasteiger partial charge on any atom is 0.251 e. The molecule has 3 saturated heterocycles. The number of nitrogens with zero attached hydrogens (tertiary/aromatic N) is 4. The maximum atomic E-state index is 14.7. The second-order valence-corrected chi connectivity index (χ2v) is 12.6. The first-order chi connectivity index (χ1) is 18.5. The zero-order chi connectivity index (χ0) is 27.9. The number of carbonyl (C=O) groups excluding carboxylic acids is 2. The predicted octanol–water partition coefficient (Wildman–Crippen LogP) is 2.38. The number of rotatable bonds is 7. The van der Waals surface area contributed by atoms with E-state index in [0.29, 0.717) is 5.56 Å². The SMILES string of the molecule is CN1CCN(c2nc(-c3ccc(C(=O)NC(CC(C)(C)F)C(=O)N4C[C@@H](Cl)[C@H]5OC[C@H](O)[C@H]54)cc3)cs2)CC1. The van der Waals surface area contributed by atoms with Gasteiger partial charge in [-0.05, 0) is 33.0 Å². The summed E-state index contributed by atoms with van der Waals surface area (Å²) in [7, 11) is 2.12. The number of likely N-dealkylation sites (N-methyl/N-ethyl adjacent to an activating group) is 1. The van der Waals surface area contributed by atoms with E-state index in [1.807, 2.05) is 17.5 Å². The van der Waals surface area contributed by atoms with E-state index in [4.69, 9.17) is 21.3 Å². The number of piperazine rings is 1. The summed E-state index contributed by atoms with van der Waals surface area (Å²) in [4.78, 5) is 37.5. The van der Waals surface area contributed by atoms with Crippen molar-refractivity contribution in [1.29, 1.82) is 0 Å². The average molecular weight is 580 g/mol. The van der Waals surface area contributed by atoms with Crippen molar-refractivity contribution < 1.29 is 23.8 Å². The standard InChI is InChI=1S/C27H35ClFN5O4S/c1-27(2,29)12-19(25(37)34-13-18(28)23-22(34)21(35)14-38-23)30-24(36)17-6-4-16(5-7-17)20-15-39-26(31-20)33-10-8-32(3)9-11-33/h4-7,15,18-19,21-23,35H,8-14H2,1-3H3,(H,30,36)/t18-,19?,21+,22-,23-/m1/s1. The van der Waals surface area contributed by atoms with Crippen LogP contribution < -0.4 is 10.2 Å². The number of thiazole rings is 1. The number of amides is 2. The lowest BCUT2D eigenvalue weighted by Crippen LogP contribution is -2.54. The third-order valence-electron chi connectivity index (χ3n) is 7.56. The number of halogens is 2. The first kappa shape index (κ1) is 28.2. The van der Waals surface area contributed by atoms with Gasteiger partial charge < -0.3 is 29.9 Å². The Balaban J connectivity index is 1.27. The number of aromatic nitrogens is 1. The molecule has 1 aromatic carbocycles. The molecule has 4 heterocycles. The molecule has 9 nitrogen and oxygen atoms in total. The number of hydrogen-bond donors (Lipinski definition) is 2. The summed E-state index contributed by atoms with van der Waals surface area (Å²) < 4.78 is 20.3. The van der Waals surface area contributed by atoms with Crippen LogP contribution in [0.15, 0.2) is 29.6 Å². The minimum Gasteiger partial charge on any atom is -0.388 e. The second kappa shape index (κ2) is 11.3. The third-order valence-corrected chi connectivity index (χ3v) is 8.85. The number of ether oxygens (including phenoxy) is 1. The molecule has 3 aliphatic rings. The van der Waals surface area contributed by atoms with Gasteiger partial charge in [-0.3, -0.25) is 9.59 Å². The smallest absolute Gasteiger partial charge is 0.251 e. The summed E-state index contributed by atoms with van der Waals surface area (Å²) in [5.74, 6) is -0.964. The van der Waals surface area contributed by atoms with Crippen LogP contribution in [0.2, 0.25) is 0 Å². The Kier molecular flexibility index (Phi) is 8.17. The Hall–Kier alpha value is -2.31. The van der Waals surface area contributed by atoms with Crippen LogP contribution in [0.4, 0.5) is 9.52 Å². The molecule has 2 aromatic rings. The van der Waals surface area contributed by atoms with Crippen molar-refractivity contribution in [3.8, 4) is 11.3 Å². The van der Waals surface area contributed by atoms with Crippen LogP contribution in [0.1, 0.15) is 30.6 Å². The van der Waals surface area contributed by atoms with Crippen LogP contribution in [-0.4, -0.2) is 113 Å². The van der Waals surface area contributed by atoms with Crippen LogP contribution >= 0.6 is 22.9 Å². The van der Waals surface area contributed by atoms with Gasteiger partial charge in [0, 0.05) is 55.7 Å². The van der Waals surface area contributed by atoms with Gasteiger partial charge in [0.05, 0.1) is 29.8 Å². The molecule has 5 atom stereocenters. The molecule has 0 radical (unpaired) electrons. The maximum absolute atomic E-state index is 14.7. The van der Waals surface area contributed by atoms with Gasteiger partial charge in [0.15, 0.2) is 5.13 Å². The van der Waals surface area contributed by atoms with Crippen LogP contribution in [0.5, 0.6) is 0 Å². The summed E-state index contributed by atoms with van der Waals surface area (Å²) >= 11 is 7.97. The van der Waals surface area contributed by atoms with Crippen molar-refractivity contribution in [2.24, 2.45) is 0 Å². The zero-order valence-corrected chi connectivity index (χ0v) is 23.9. The molecule has 5 rings (SSSR count). The van der Waals surface area contributed by atoms with Crippen LogP contribution in [0, 0.1) is 0 Å². The van der Waals surface area contributed by atoms with Crippen molar-refractivity contribution in [2.75, 3.05) is 51.3 Å². The molecule has 39 heavy (non-hydrogen) atoms. The number of alkyl halides is 2. The number of nitrogens with one attached hydrogen (secondary N) is 1. The van der Waals surface area contributed by atoms with Crippen molar-refractivity contribution in [2.45, 2.75) is 55.6 Å². The van der Waals surface area contributed by atoms with Crippen molar-refractivity contribution in [3.05, 3.63) is 35.2 Å². The Morgan fingerprint density at radius 1 is 1.26 bits per heavy atom. The fourth-order valence-electron chi connectivity index (χ4n) is 5.44. The molecule has 212 valence electrons. The quantitative estimate of drug-likeness (QED) is 0.486. The zero-order valence-electron chi connectivity index (χ0n) is 22.3. The lowest BCUT2D eigenvalue weighted by atomic mass is 9.98. The van der Waals surface area contributed by atoms with E-state index in [2.05, 4.69) is 22.2 Å². The fourth-order valence-corrected chi connectivity index (χ4v) is 6.70. The molecular formula is C27H35ClFN5O4S. The summed E-state index contributed by atoms with van der Waals surface area (Å²) in [6.45, 7) is 6.85. The van der Waals surface area contributed by atoms with Gasteiger partial charge in [-0.2, -0.15) is 0 Å². The molecule has 1 aromatic heterocycles. The van der Waals surface area contributed by atoms with Gasteiger partial charge in [0.25, 0.3) is 5.91 Å². The lowest BCUT2D eigenvalue weighted by molar-refractivity contribution is -0.136. The van der Waals surface area contributed by atoms with Gasteiger partial charge in [-0.25, -0.2) is 9.37 Å². The molecule has 0 aliphatic carbocycles. The number of anilines is 1. The monoisotopic (exact) mass is 579 g/mol. The Morgan fingerprint density at radius 2 is 1.95 bits per heavy atom. The van der Waals surface area contributed by atoms with E-state index in [1.165, 1.54) is 18.7 Å². The van der Waals surface area contributed by atoms with Crippen LogP contribution in [-0.2, 0) is 9.53 Å². The summed E-state index contributed by atoms with van der Waals surface area (Å²) in [6, 6.07) is 5.26. The van der Waals surface area contributed by atoms with Gasteiger partial charge in [-0.1, -0.05) is 12.1 Å². The average Bonchev–Trinajstić information content (AvgIpc) is 3.61. The highest BCUT2D eigenvalue weighted by Gasteiger charge is 2.52.